The van der Waals surface area contributed by atoms with Gasteiger partial charge in [0.25, 0.3) is 10.0 Å². The highest BCUT2D eigenvalue weighted by atomic mass is 35.5. The van der Waals surface area contributed by atoms with E-state index in [1.54, 1.807) is 0 Å². The molecule has 0 unspecified atom stereocenters. The second-order valence-electron chi connectivity index (χ2n) is 4.25. The lowest BCUT2D eigenvalue weighted by molar-refractivity contribution is -0.137. The van der Waals surface area contributed by atoms with Crippen molar-refractivity contribution in [3.63, 3.8) is 0 Å². The van der Waals surface area contributed by atoms with Crippen molar-refractivity contribution in [1.82, 2.24) is 0 Å². The lowest BCUT2D eigenvalue weighted by Crippen LogP contribution is -2.14. The molecule has 0 amide bonds. The van der Waals surface area contributed by atoms with Gasteiger partial charge in [0, 0.05) is 5.69 Å². The van der Waals surface area contributed by atoms with E-state index in [1.807, 2.05) is 4.72 Å². The molecular weight excluding hydrogens is 346 g/mol. The predicted octanol–water partition coefficient (Wildman–Crippen LogP) is 4.30. The fraction of sp³-hybridized carbons (Fsp3) is 0.0769. The van der Waals surface area contributed by atoms with E-state index in [-0.39, 0.29) is 10.6 Å². The highest BCUT2D eigenvalue weighted by molar-refractivity contribution is 7.92. The van der Waals surface area contributed by atoms with Crippen LogP contribution < -0.4 is 4.72 Å². The molecule has 3 nitrogen and oxygen atoms in total. The molecule has 22 heavy (non-hydrogen) atoms. The maximum absolute atomic E-state index is 12.8. The van der Waals surface area contributed by atoms with Gasteiger partial charge in [-0.2, -0.15) is 13.2 Å². The van der Waals surface area contributed by atoms with Gasteiger partial charge in [-0.05, 0) is 42.5 Å². The average molecular weight is 354 g/mol. The zero-order valence-electron chi connectivity index (χ0n) is 10.7. The molecule has 2 aromatic carbocycles. The van der Waals surface area contributed by atoms with Crippen LogP contribution in [0, 0.1) is 5.82 Å². The van der Waals surface area contributed by atoms with Gasteiger partial charge in [0.05, 0.1) is 15.5 Å². The molecule has 0 aromatic heterocycles. The Labute approximate surface area is 128 Å². The number of anilines is 1. The van der Waals surface area contributed by atoms with Crippen molar-refractivity contribution in [2.75, 3.05) is 4.72 Å². The molecule has 0 atom stereocenters. The maximum Gasteiger partial charge on any atom is 0.417 e. The van der Waals surface area contributed by atoms with E-state index in [0.29, 0.717) is 6.07 Å². The van der Waals surface area contributed by atoms with Gasteiger partial charge in [0.15, 0.2) is 0 Å². The minimum atomic E-state index is -4.71. The third-order valence-corrected chi connectivity index (χ3v) is 4.37. The molecule has 0 spiro atoms. The van der Waals surface area contributed by atoms with Crippen LogP contribution in [0.3, 0.4) is 0 Å². The van der Waals surface area contributed by atoms with Crippen LogP contribution in [0.5, 0.6) is 0 Å². The Hall–Kier alpha value is -1.80. The molecule has 0 saturated heterocycles. The van der Waals surface area contributed by atoms with Gasteiger partial charge in [-0.25, -0.2) is 12.8 Å². The molecule has 118 valence electrons. The van der Waals surface area contributed by atoms with Crippen molar-refractivity contribution < 1.29 is 26.0 Å². The molecule has 0 saturated carbocycles. The number of hydrogen-bond acceptors (Lipinski definition) is 2. The van der Waals surface area contributed by atoms with Crippen molar-refractivity contribution in [2.45, 2.75) is 11.1 Å². The number of benzene rings is 2. The summed E-state index contributed by atoms with van der Waals surface area (Å²) in [5.74, 6) is -0.634. The smallest absolute Gasteiger partial charge is 0.280 e. The monoisotopic (exact) mass is 353 g/mol. The lowest BCUT2D eigenvalue weighted by Gasteiger charge is -2.12. The van der Waals surface area contributed by atoms with Crippen molar-refractivity contribution in [3.05, 3.63) is 58.9 Å². The normalized spacial score (nSPS) is 12.2. The molecule has 0 aliphatic rings. The van der Waals surface area contributed by atoms with Gasteiger partial charge >= 0.3 is 6.18 Å². The van der Waals surface area contributed by atoms with Crippen LogP contribution in [0.25, 0.3) is 0 Å². The minimum absolute atomic E-state index is 0.280. The predicted molar refractivity (Wildman–Crippen MR) is 73.7 cm³/mol. The fourth-order valence-electron chi connectivity index (χ4n) is 1.63. The van der Waals surface area contributed by atoms with E-state index in [0.717, 1.165) is 36.4 Å². The van der Waals surface area contributed by atoms with Crippen LogP contribution in [-0.2, 0) is 16.2 Å². The van der Waals surface area contributed by atoms with Gasteiger partial charge < -0.3 is 0 Å². The largest absolute Gasteiger partial charge is 0.417 e. The van der Waals surface area contributed by atoms with E-state index in [4.69, 9.17) is 11.6 Å². The number of sulfonamides is 1. The van der Waals surface area contributed by atoms with E-state index < -0.39 is 32.6 Å². The average Bonchev–Trinajstić information content (AvgIpc) is 2.40. The van der Waals surface area contributed by atoms with Crippen LogP contribution in [0.15, 0.2) is 47.4 Å². The number of nitrogens with one attached hydrogen (secondary N) is 1. The van der Waals surface area contributed by atoms with Crippen LogP contribution >= 0.6 is 11.6 Å². The summed E-state index contributed by atoms with van der Waals surface area (Å²) in [6.45, 7) is 0. The first-order valence-electron chi connectivity index (χ1n) is 5.75. The molecular formula is C13H8ClF4NO2S. The summed E-state index contributed by atoms with van der Waals surface area (Å²) in [6.07, 6.45) is -4.71. The van der Waals surface area contributed by atoms with Crippen LogP contribution in [-0.4, -0.2) is 8.42 Å². The second-order valence-corrected chi connectivity index (χ2v) is 6.34. The molecule has 9 heteroatoms. The van der Waals surface area contributed by atoms with Gasteiger partial charge in [0.2, 0.25) is 0 Å². The molecule has 0 bridgehead atoms. The van der Waals surface area contributed by atoms with E-state index in [2.05, 4.69) is 0 Å². The number of alkyl halides is 3. The molecule has 0 fully saturated rings. The summed E-state index contributed by atoms with van der Waals surface area (Å²) < 4.78 is 77.0. The summed E-state index contributed by atoms with van der Waals surface area (Å²) in [5, 5.41) is -0.544. The Morgan fingerprint density at radius 2 is 1.59 bits per heavy atom. The van der Waals surface area contributed by atoms with Crippen LogP contribution in [0.1, 0.15) is 5.56 Å². The van der Waals surface area contributed by atoms with Crippen LogP contribution in [0.2, 0.25) is 5.02 Å². The third kappa shape index (κ3) is 3.69. The molecule has 2 rings (SSSR count). The molecule has 0 radical (unpaired) electrons. The first-order chi connectivity index (χ1) is 10.1. The van der Waals surface area contributed by atoms with Gasteiger partial charge in [0.1, 0.15) is 5.82 Å². The Kier molecular flexibility index (Phi) is 4.35. The van der Waals surface area contributed by atoms with Gasteiger partial charge in [-0.15, -0.1) is 0 Å². The van der Waals surface area contributed by atoms with E-state index in [1.165, 1.54) is 0 Å². The SMILES string of the molecule is O=S(=O)(Nc1ccc(Cl)c(C(F)(F)F)c1)c1ccc(F)cc1. The molecule has 0 aliphatic carbocycles. The van der Waals surface area contributed by atoms with Crippen molar-refractivity contribution in [2.24, 2.45) is 0 Å². The zero-order chi connectivity index (χ0) is 16.5. The number of halogens is 5. The lowest BCUT2D eigenvalue weighted by atomic mass is 10.2. The Bertz CT molecular complexity index is 789. The quantitative estimate of drug-likeness (QED) is 0.836. The van der Waals surface area contributed by atoms with Crippen molar-refractivity contribution in [1.29, 1.82) is 0 Å². The van der Waals surface area contributed by atoms with E-state index in [9.17, 15) is 26.0 Å². The van der Waals surface area contributed by atoms with Crippen LogP contribution in [0.4, 0.5) is 23.2 Å². The number of hydrogen-bond donors (Lipinski definition) is 1. The summed E-state index contributed by atoms with van der Waals surface area (Å²) in [5.41, 5.74) is -1.46. The molecule has 0 heterocycles. The maximum atomic E-state index is 12.8. The number of rotatable bonds is 3. The summed E-state index contributed by atoms with van der Waals surface area (Å²) in [4.78, 5) is -0.280. The van der Waals surface area contributed by atoms with Gasteiger partial charge in [-0.1, -0.05) is 11.6 Å². The first-order valence-corrected chi connectivity index (χ1v) is 7.61. The Balaban J connectivity index is 2.36. The fourth-order valence-corrected chi connectivity index (χ4v) is 2.91. The zero-order valence-corrected chi connectivity index (χ0v) is 12.2. The summed E-state index contributed by atoms with van der Waals surface area (Å²) in [7, 11) is -4.13. The van der Waals surface area contributed by atoms with Crippen molar-refractivity contribution in [3.8, 4) is 0 Å². The highest BCUT2D eigenvalue weighted by Gasteiger charge is 2.33. The van der Waals surface area contributed by atoms with Crippen molar-refractivity contribution >= 4 is 27.3 Å². The topological polar surface area (TPSA) is 46.2 Å². The van der Waals surface area contributed by atoms with E-state index >= 15 is 0 Å². The standard InChI is InChI=1S/C13H8ClF4NO2S/c14-12-6-3-9(7-11(12)13(16,17)18)19-22(20,21)10-4-1-8(15)2-5-10/h1-7,19H. The minimum Gasteiger partial charge on any atom is -0.280 e. The Morgan fingerprint density at radius 3 is 2.14 bits per heavy atom. The summed E-state index contributed by atoms with van der Waals surface area (Å²) in [6, 6.07) is 6.47. The van der Waals surface area contributed by atoms with Gasteiger partial charge in [-0.3, -0.25) is 4.72 Å². The highest BCUT2D eigenvalue weighted by Crippen LogP contribution is 2.36. The third-order valence-electron chi connectivity index (χ3n) is 2.65. The molecule has 2 aromatic rings. The Morgan fingerprint density at radius 1 is 1.00 bits per heavy atom. The second kappa shape index (κ2) is 5.77. The molecule has 1 N–H and O–H groups in total. The summed E-state index contributed by atoms with van der Waals surface area (Å²) >= 11 is 5.45. The first kappa shape index (κ1) is 16.6. The molecule has 0 aliphatic heterocycles.